The van der Waals surface area contributed by atoms with E-state index >= 15 is 0 Å². The van der Waals surface area contributed by atoms with Crippen LogP contribution in [-0.2, 0) is 24.7 Å². The second-order valence-corrected chi connectivity index (χ2v) is 9.80. The molecule has 0 bridgehead atoms. The highest BCUT2D eigenvalue weighted by Crippen LogP contribution is 2.36. The van der Waals surface area contributed by atoms with Crippen molar-refractivity contribution in [2.24, 2.45) is 7.05 Å². The summed E-state index contributed by atoms with van der Waals surface area (Å²) < 4.78 is 12.6. The van der Waals surface area contributed by atoms with Gasteiger partial charge in [0.1, 0.15) is 18.0 Å². The van der Waals surface area contributed by atoms with E-state index in [0.717, 1.165) is 29.5 Å². The second kappa shape index (κ2) is 7.63. The molecular weight excluding hydrogens is 422 g/mol. The topological polar surface area (TPSA) is 82.5 Å². The number of thioether (sulfide) groups is 1. The second-order valence-electron chi connectivity index (χ2n) is 7.40. The van der Waals surface area contributed by atoms with Gasteiger partial charge in [0.25, 0.3) is 5.56 Å². The number of aromatic nitrogens is 2. The molecular formula is C21H21N3O4S2. The van der Waals surface area contributed by atoms with E-state index in [-0.39, 0.29) is 11.5 Å². The zero-order chi connectivity index (χ0) is 20.8. The first-order valence-corrected chi connectivity index (χ1v) is 11.6. The summed E-state index contributed by atoms with van der Waals surface area (Å²) in [5.41, 5.74) is 1.79. The lowest BCUT2D eigenvalue weighted by Crippen LogP contribution is -2.25. The molecule has 0 fully saturated rings. The molecule has 1 aromatic carbocycles. The Kier molecular flexibility index (Phi) is 4.94. The Morgan fingerprint density at radius 1 is 1.27 bits per heavy atom. The summed E-state index contributed by atoms with van der Waals surface area (Å²) in [7, 11) is 1.72. The number of rotatable bonds is 4. The molecule has 1 N–H and O–H groups in total. The summed E-state index contributed by atoms with van der Waals surface area (Å²) in [6.07, 6.45) is 3.08. The fourth-order valence-corrected chi connectivity index (χ4v) is 5.96. The third-order valence-corrected chi connectivity index (χ3v) is 7.70. The van der Waals surface area contributed by atoms with Gasteiger partial charge >= 0.3 is 0 Å². The number of ether oxygens (including phenoxy) is 2. The average Bonchev–Trinajstić information content (AvgIpc) is 3.32. The molecule has 3 aromatic rings. The molecule has 1 aliphatic carbocycles. The van der Waals surface area contributed by atoms with Crippen LogP contribution in [0.5, 0.6) is 11.5 Å². The van der Waals surface area contributed by atoms with E-state index in [4.69, 9.17) is 14.5 Å². The van der Waals surface area contributed by atoms with E-state index in [1.165, 1.54) is 22.2 Å². The monoisotopic (exact) mass is 443 g/mol. The molecule has 156 valence electrons. The van der Waals surface area contributed by atoms with E-state index in [1.807, 2.05) is 6.92 Å². The Morgan fingerprint density at radius 2 is 2.07 bits per heavy atom. The predicted molar refractivity (Wildman–Crippen MR) is 118 cm³/mol. The number of nitrogens with one attached hydrogen (secondary N) is 1. The molecule has 2 aliphatic rings. The van der Waals surface area contributed by atoms with Gasteiger partial charge in [-0.25, -0.2) is 4.98 Å². The number of anilines is 1. The van der Waals surface area contributed by atoms with Crippen LogP contribution < -0.4 is 20.3 Å². The SMILES string of the molecule is CC(Sc1nc2sc3c(c2c(=O)n1C)CCC3)C(=O)Nc1ccc2c(c1)OCCO2. The zero-order valence-corrected chi connectivity index (χ0v) is 18.3. The number of benzene rings is 1. The van der Waals surface area contributed by atoms with Crippen molar-refractivity contribution in [3.63, 3.8) is 0 Å². The lowest BCUT2D eigenvalue weighted by molar-refractivity contribution is -0.115. The lowest BCUT2D eigenvalue weighted by Gasteiger charge is -2.19. The number of carbonyl (C=O) groups excluding carboxylic acids is 1. The van der Waals surface area contributed by atoms with Crippen molar-refractivity contribution in [2.75, 3.05) is 18.5 Å². The highest BCUT2D eigenvalue weighted by Gasteiger charge is 2.24. The maximum atomic E-state index is 12.9. The minimum atomic E-state index is -0.430. The van der Waals surface area contributed by atoms with Crippen molar-refractivity contribution in [3.8, 4) is 11.5 Å². The van der Waals surface area contributed by atoms with E-state index in [2.05, 4.69) is 5.32 Å². The van der Waals surface area contributed by atoms with Gasteiger partial charge in [-0.05, 0) is 43.9 Å². The molecule has 1 amide bonds. The van der Waals surface area contributed by atoms with Crippen molar-refractivity contribution in [1.82, 2.24) is 9.55 Å². The van der Waals surface area contributed by atoms with Gasteiger partial charge in [0.05, 0.1) is 10.6 Å². The van der Waals surface area contributed by atoms with Crippen molar-refractivity contribution >= 4 is 44.9 Å². The van der Waals surface area contributed by atoms with Crippen molar-refractivity contribution in [2.45, 2.75) is 36.6 Å². The molecule has 1 atom stereocenters. The van der Waals surface area contributed by atoms with Gasteiger partial charge < -0.3 is 14.8 Å². The summed E-state index contributed by atoms with van der Waals surface area (Å²) in [6.45, 7) is 2.82. The standard InChI is InChI=1S/C21H21N3O4S2/c1-11(18(25)22-12-6-7-14-15(10-12)28-9-8-27-14)29-21-23-19-17(20(26)24(21)2)13-4-3-5-16(13)30-19/h6-7,10-11H,3-5,8-9H2,1-2H3,(H,22,25). The van der Waals surface area contributed by atoms with Crippen LogP contribution in [0.4, 0.5) is 5.69 Å². The highest BCUT2D eigenvalue weighted by atomic mass is 32.2. The van der Waals surface area contributed by atoms with Gasteiger partial charge in [0.2, 0.25) is 5.91 Å². The molecule has 1 unspecified atom stereocenters. The number of amides is 1. The first-order chi connectivity index (χ1) is 14.5. The third kappa shape index (κ3) is 3.35. The molecule has 0 saturated carbocycles. The van der Waals surface area contributed by atoms with Crippen molar-refractivity contribution < 1.29 is 14.3 Å². The zero-order valence-electron chi connectivity index (χ0n) is 16.7. The number of fused-ring (bicyclic) bond motifs is 4. The van der Waals surface area contributed by atoms with Crippen molar-refractivity contribution in [1.29, 1.82) is 0 Å². The first kappa shape index (κ1) is 19.4. The van der Waals surface area contributed by atoms with Gasteiger partial charge in [-0.3, -0.25) is 14.2 Å². The van der Waals surface area contributed by atoms with E-state index in [9.17, 15) is 9.59 Å². The van der Waals surface area contributed by atoms with Crippen LogP contribution >= 0.6 is 23.1 Å². The minimum absolute atomic E-state index is 0.0265. The van der Waals surface area contributed by atoms with Gasteiger partial charge in [-0.15, -0.1) is 11.3 Å². The predicted octanol–water partition coefficient (Wildman–Crippen LogP) is 3.37. The Morgan fingerprint density at radius 3 is 2.90 bits per heavy atom. The van der Waals surface area contributed by atoms with Crippen molar-refractivity contribution in [3.05, 3.63) is 39.0 Å². The molecule has 0 spiro atoms. The molecule has 30 heavy (non-hydrogen) atoms. The third-order valence-electron chi connectivity index (χ3n) is 5.37. The molecule has 0 saturated heterocycles. The van der Waals surface area contributed by atoms with Crippen LogP contribution in [0.3, 0.4) is 0 Å². The van der Waals surface area contributed by atoms with Gasteiger partial charge in [-0.1, -0.05) is 11.8 Å². The molecule has 7 nitrogen and oxygen atoms in total. The summed E-state index contributed by atoms with van der Waals surface area (Å²) in [6, 6.07) is 5.34. The maximum Gasteiger partial charge on any atom is 0.262 e. The van der Waals surface area contributed by atoms with Gasteiger partial charge in [0.15, 0.2) is 16.7 Å². The van der Waals surface area contributed by atoms with Crippen LogP contribution in [0, 0.1) is 0 Å². The quantitative estimate of drug-likeness (QED) is 0.492. The van der Waals surface area contributed by atoms with E-state index in [0.29, 0.717) is 35.6 Å². The number of nitrogens with zero attached hydrogens (tertiary/aromatic N) is 2. The van der Waals surface area contributed by atoms with Crippen LogP contribution in [0.15, 0.2) is 28.2 Å². The smallest absolute Gasteiger partial charge is 0.262 e. The molecule has 3 heterocycles. The number of hydrogen-bond acceptors (Lipinski definition) is 7. The summed E-state index contributed by atoms with van der Waals surface area (Å²) >= 11 is 2.90. The Hall–Kier alpha value is -2.52. The largest absolute Gasteiger partial charge is 0.486 e. The molecule has 1 aliphatic heterocycles. The first-order valence-electron chi connectivity index (χ1n) is 9.89. The minimum Gasteiger partial charge on any atom is -0.486 e. The number of aryl methyl sites for hydroxylation is 2. The fraction of sp³-hybridized carbons (Fsp3) is 0.381. The Balaban J connectivity index is 1.35. The molecule has 0 radical (unpaired) electrons. The number of carbonyl (C=O) groups is 1. The van der Waals surface area contributed by atoms with Crippen LogP contribution in [0.25, 0.3) is 10.2 Å². The van der Waals surface area contributed by atoms with Crippen LogP contribution in [0.1, 0.15) is 23.8 Å². The molecule has 9 heteroatoms. The summed E-state index contributed by atoms with van der Waals surface area (Å²) in [4.78, 5) is 32.5. The van der Waals surface area contributed by atoms with Gasteiger partial charge in [-0.2, -0.15) is 0 Å². The van der Waals surface area contributed by atoms with Crippen LogP contribution in [-0.4, -0.2) is 33.9 Å². The Labute approximate surface area is 181 Å². The maximum absolute atomic E-state index is 12.9. The number of hydrogen-bond donors (Lipinski definition) is 1. The highest BCUT2D eigenvalue weighted by molar-refractivity contribution is 8.00. The molecule has 5 rings (SSSR count). The van der Waals surface area contributed by atoms with Gasteiger partial charge in [0, 0.05) is 23.7 Å². The fourth-order valence-electron chi connectivity index (χ4n) is 3.79. The summed E-state index contributed by atoms with van der Waals surface area (Å²) in [5, 5.41) is 3.79. The average molecular weight is 444 g/mol. The molecule has 2 aromatic heterocycles. The van der Waals surface area contributed by atoms with Crippen LogP contribution in [0.2, 0.25) is 0 Å². The normalized spacial score (nSPS) is 15.8. The van der Waals surface area contributed by atoms with E-state index in [1.54, 1.807) is 41.2 Å². The summed E-state index contributed by atoms with van der Waals surface area (Å²) in [5.74, 6) is 1.14. The number of thiophene rings is 1. The Bertz CT molecular complexity index is 1220. The lowest BCUT2D eigenvalue weighted by atomic mass is 10.2. The van der Waals surface area contributed by atoms with E-state index < -0.39 is 5.25 Å².